The van der Waals surface area contributed by atoms with Crippen molar-refractivity contribution in [3.05, 3.63) is 0 Å². The molecule has 170 valence electrons. The van der Waals surface area contributed by atoms with Crippen molar-refractivity contribution in [2.45, 2.75) is 169 Å². The first kappa shape index (κ1) is 28.0. The van der Waals surface area contributed by atoms with Gasteiger partial charge in [-0.05, 0) is 18.3 Å². The van der Waals surface area contributed by atoms with Gasteiger partial charge in [0, 0.05) is 0 Å². The van der Waals surface area contributed by atoms with Gasteiger partial charge in [0.15, 0.2) is 0 Å². The van der Waals surface area contributed by atoms with Gasteiger partial charge in [0.25, 0.3) is 0 Å². The van der Waals surface area contributed by atoms with Crippen LogP contribution in [0.5, 0.6) is 0 Å². The maximum absolute atomic E-state index is 2.40. The summed E-state index contributed by atoms with van der Waals surface area (Å²) in [7, 11) is 0. The van der Waals surface area contributed by atoms with Crippen molar-refractivity contribution in [3.63, 3.8) is 0 Å². The van der Waals surface area contributed by atoms with Crippen LogP contribution in [0.3, 0.4) is 0 Å². The summed E-state index contributed by atoms with van der Waals surface area (Å²) in [6, 6.07) is 0. The minimum absolute atomic E-state index is 1.02. The van der Waals surface area contributed by atoms with Crippen molar-refractivity contribution in [2.75, 3.05) is 0 Å². The van der Waals surface area contributed by atoms with Crippen LogP contribution < -0.4 is 0 Å². The zero-order valence-electron chi connectivity index (χ0n) is 20.7. The van der Waals surface area contributed by atoms with Crippen molar-refractivity contribution in [2.24, 2.45) is 11.8 Å². The summed E-state index contributed by atoms with van der Waals surface area (Å²) < 4.78 is 0. The standard InChI is InChI=1S/C28H58/c1-5-9-12-15-17-20-23-27(22-8-4)26-28(24-19-14-11-7-3)25-21-18-16-13-10-6-2/h27-28H,5-26H2,1-4H3. The molecule has 0 aromatic rings. The van der Waals surface area contributed by atoms with Crippen LogP contribution in [0.2, 0.25) is 0 Å². The molecule has 2 unspecified atom stereocenters. The molecule has 0 rings (SSSR count). The van der Waals surface area contributed by atoms with Crippen LogP contribution >= 0.6 is 0 Å². The average Bonchev–Trinajstić information content (AvgIpc) is 2.70. The van der Waals surface area contributed by atoms with E-state index < -0.39 is 0 Å². The maximum atomic E-state index is 2.40. The van der Waals surface area contributed by atoms with Gasteiger partial charge in [-0.25, -0.2) is 0 Å². The van der Waals surface area contributed by atoms with E-state index in [2.05, 4.69) is 27.7 Å². The number of hydrogen-bond acceptors (Lipinski definition) is 0. The molecule has 0 aromatic heterocycles. The largest absolute Gasteiger partial charge is 0.0654 e. The van der Waals surface area contributed by atoms with Gasteiger partial charge in [-0.1, -0.05) is 163 Å². The lowest BCUT2D eigenvalue weighted by molar-refractivity contribution is 0.286. The van der Waals surface area contributed by atoms with Crippen LogP contribution in [0.15, 0.2) is 0 Å². The van der Waals surface area contributed by atoms with Crippen molar-refractivity contribution in [1.82, 2.24) is 0 Å². The lowest BCUT2D eigenvalue weighted by atomic mass is 9.82. The number of rotatable bonds is 23. The van der Waals surface area contributed by atoms with E-state index in [4.69, 9.17) is 0 Å². The highest BCUT2D eigenvalue weighted by Crippen LogP contribution is 2.30. The average molecular weight is 395 g/mol. The summed E-state index contributed by atoms with van der Waals surface area (Å²) in [5.74, 6) is 2.05. The number of hydrogen-bond donors (Lipinski definition) is 0. The Bertz CT molecular complexity index is 269. The lowest BCUT2D eigenvalue weighted by Crippen LogP contribution is -2.10. The van der Waals surface area contributed by atoms with E-state index in [0.29, 0.717) is 0 Å². The first-order valence-corrected chi connectivity index (χ1v) is 13.8. The van der Waals surface area contributed by atoms with Gasteiger partial charge in [0.1, 0.15) is 0 Å². The Morgan fingerprint density at radius 3 is 1.04 bits per heavy atom. The van der Waals surface area contributed by atoms with Gasteiger partial charge in [0.2, 0.25) is 0 Å². The Morgan fingerprint density at radius 1 is 0.321 bits per heavy atom. The Labute approximate surface area is 181 Å². The molecule has 0 spiro atoms. The van der Waals surface area contributed by atoms with E-state index in [-0.39, 0.29) is 0 Å². The van der Waals surface area contributed by atoms with Crippen molar-refractivity contribution >= 4 is 0 Å². The van der Waals surface area contributed by atoms with E-state index in [0.717, 1.165) is 11.8 Å². The molecule has 0 aliphatic rings. The minimum atomic E-state index is 1.02. The summed E-state index contributed by atoms with van der Waals surface area (Å²) in [5.41, 5.74) is 0. The second-order valence-electron chi connectivity index (χ2n) is 9.72. The summed E-state index contributed by atoms with van der Waals surface area (Å²) in [6.45, 7) is 9.38. The van der Waals surface area contributed by atoms with Gasteiger partial charge in [-0.2, -0.15) is 0 Å². The molecule has 2 atom stereocenters. The molecule has 0 saturated carbocycles. The zero-order valence-corrected chi connectivity index (χ0v) is 20.7. The molecule has 0 heteroatoms. The van der Waals surface area contributed by atoms with Crippen LogP contribution in [0.1, 0.15) is 169 Å². The topological polar surface area (TPSA) is 0 Å². The quantitative estimate of drug-likeness (QED) is 0.151. The van der Waals surface area contributed by atoms with Gasteiger partial charge < -0.3 is 0 Å². The Hall–Kier alpha value is 0. The van der Waals surface area contributed by atoms with Crippen LogP contribution in [-0.4, -0.2) is 0 Å². The molecule has 0 radical (unpaired) electrons. The third kappa shape index (κ3) is 19.3. The summed E-state index contributed by atoms with van der Waals surface area (Å²) in [4.78, 5) is 0. The summed E-state index contributed by atoms with van der Waals surface area (Å²) >= 11 is 0. The SMILES string of the molecule is CCCCCCCCC(CCC)CC(CCCCCC)CCCCCCCC. The first-order chi connectivity index (χ1) is 13.8. The molecule has 0 bridgehead atoms. The highest BCUT2D eigenvalue weighted by molar-refractivity contribution is 4.68. The third-order valence-electron chi connectivity index (χ3n) is 6.76. The fraction of sp³-hybridized carbons (Fsp3) is 1.00. The van der Waals surface area contributed by atoms with E-state index in [1.807, 2.05) is 0 Å². The summed E-state index contributed by atoms with van der Waals surface area (Å²) in [6.07, 6.45) is 32.2. The molecule has 0 fully saturated rings. The fourth-order valence-corrected chi connectivity index (χ4v) is 4.93. The lowest BCUT2D eigenvalue weighted by Gasteiger charge is -2.24. The van der Waals surface area contributed by atoms with Crippen LogP contribution in [0.25, 0.3) is 0 Å². The van der Waals surface area contributed by atoms with Crippen molar-refractivity contribution in [1.29, 1.82) is 0 Å². The molecular formula is C28H58. The van der Waals surface area contributed by atoms with Crippen LogP contribution in [-0.2, 0) is 0 Å². The summed E-state index contributed by atoms with van der Waals surface area (Å²) in [5, 5.41) is 0. The molecule has 0 saturated heterocycles. The second-order valence-corrected chi connectivity index (χ2v) is 9.72. The molecular weight excluding hydrogens is 336 g/mol. The first-order valence-electron chi connectivity index (χ1n) is 13.8. The molecule has 28 heavy (non-hydrogen) atoms. The predicted octanol–water partition coefficient (Wildman–Crippen LogP) is 10.9. The number of unbranched alkanes of at least 4 members (excludes halogenated alkanes) is 13. The van der Waals surface area contributed by atoms with Crippen LogP contribution in [0.4, 0.5) is 0 Å². The molecule has 0 aromatic carbocycles. The predicted molar refractivity (Wildman–Crippen MR) is 131 cm³/mol. The molecule has 0 aliphatic carbocycles. The minimum Gasteiger partial charge on any atom is -0.0654 e. The highest BCUT2D eigenvalue weighted by Gasteiger charge is 2.16. The van der Waals surface area contributed by atoms with Crippen molar-refractivity contribution < 1.29 is 0 Å². The van der Waals surface area contributed by atoms with Crippen LogP contribution in [0, 0.1) is 11.8 Å². The molecule has 0 amide bonds. The van der Waals surface area contributed by atoms with E-state index in [1.54, 1.807) is 6.42 Å². The normalized spacial score (nSPS) is 13.7. The molecule has 0 aliphatic heterocycles. The van der Waals surface area contributed by atoms with E-state index in [1.165, 1.54) is 135 Å². The highest BCUT2D eigenvalue weighted by atomic mass is 14.2. The molecule has 0 N–H and O–H groups in total. The van der Waals surface area contributed by atoms with Gasteiger partial charge in [-0.15, -0.1) is 0 Å². The Kier molecular flexibility index (Phi) is 23.3. The van der Waals surface area contributed by atoms with Gasteiger partial charge in [0.05, 0.1) is 0 Å². The maximum Gasteiger partial charge on any atom is -0.0412 e. The van der Waals surface area contributed by atoms with Gasteiger partial charge in [-0.3, -0.25) is 0 Å². The van der Waals surface area contributed by atoms with Gasteiger partial charge >= 0.3 is 0 Å². The third-order valence-corrected chi connectivity index (χ3v) is 6.76. The van der Waals surface area contributed by atoms with E-state index >= 15 is 0 Å². The monoisotopic (exact) mass is 394 g/mol. The van der Waals surface area contributed by atoms with Crippen molar-refractivity contribution in [3.8, 4) is 0 Å². The Balaban J connectivity index is 4.23. The molecule has 0 heterocycles. The second kappa shape index (κ2) is 23.3. The fourth-order valence-electron chi connectivity index (χ4n) is 4.93. The molecule has 0 nitrogen and oxygen atoms in total. The smallest absolute Gasteiger partial charge is 0.0412 e. The van der Waals surface area contributed by atoms with E-state index in [9.17, 15) is 0 Å². The zero-order chi connectivity index (χ0) is 20.7. The Morgan fingerprint density at radius 2 is 0.643 bits per heavy atom.